The van der Waals surface area contributed by atoms with E-state index >= 15 is 0 Å². The Morgan fingerprint density at radius 2 is 2.15 bits per heavy atom. The van der Waals surface area contributed by atoms with Crippen LogP contribution in [-0.4, -0.2) is 15.1 Å². The van der Waals surface area contributed by atoms with Gasteiger partial charge in [-0.3, -0.25) is 0 Å². The van der Waals surface area contributed by atoms with Crippen LogP contribution in [0.15, 0.2) is 16.9 Å². The number of nitrogens with zero attached hydrogens (tertiary/aromatic N) is 3. The maximum Gasteiger partial charge on any atom is 0.138 e. The molecule has 0 bridgehead atoms. The van der Waals surface area contributed by atoms with E-state index in [1.54, 1.807) is 17.6 Å². The fourth-order valence-corrected chi connectivity index (χ4v) is 3.05. The first-order chi connectivity index (χ1) is 9.67. The summed E-state index contributed by atoms with van der Waals surface area (Å²) in [5.41, 5.74) is 1.94. The average Bonchev–Trinajstić information content (AvgIpc) is 3.01. The van der Waals surface area contributed by atoms with Crippen LogP contribution in [0.3, 0.4) is 0 Å². The molecule has 20 heavy (non-hydrogen) atoms. The molecule has 6 heteroatoms. The van der Waals surface area contributed by atoms with Gasteiger partial charge in [0.25, 0.3) is 0 Å². The average molecular weight is 288 g/mol. The van der Waals surface area contributed by atoms with E-state index < -0.39 is 0 Å². The molecular weight excluding hydrogens is 272 g/mol. The van der Waals surface area contributed by atoms with E-state index in [2.05, 4.69) is 33.4 Å². The minimum atomic E-state index is 0.602. The third-order valence-electron chi connectivity index (χ3n) is 3.17. The first-order valence-electron chi connectivity index (χ1n) is 6.58. The summed E-state index contributed by atoms with van der Waals surface area (Å²) >= 11 is 1.73. The molecule has 0 fully saturated rings. The number of thiophene rings is 1. The van der Waals surface area contributed by atoms with E-state index in [1.165, 1.54) is 4.88 Å². The van der Waals surface area contributed by atoms with Gasteiger partial charge in [-0.15, -0.1) is 11.3 Å². The molecule has 3 aromatic heterocycles. The SMILES string of the molecule is CCc1cc2c(NCc3nocc3C)nc(C)nc2s1. The molecule has 0 aromatic carbocycles. The third-order valence-corrected chi connectivity index (χ3v) is 4.35. The zero-order valence-corrected chi connectivity index (χ0v) is 12.5. The number of rotatable bonds is 4. The van der Waals surface area contributed by atoms with Gasteiger partial charge in [-0.25, -0.2) is 9.97 Å². The lowest BCUT2D eigenvalue weighted by Gasteiger charge is -2.06. The number of nitrogens with one attached hydrogen (secondary N) is 1. The van der Waals surface area contributed by atoms with E-state index in [9.17, 15) is 0 Å². The third kappa shape index (κ3) is 2.38. The van der Waals surface area contributed by atoms with Crippen LogP contribution >= 0.6 is 11.3 Å². The fraction of sp³-hybridized carbons (Fsp3) is 0.357. The van der Waals surface area contributed by atoms with Crippen molar-refractivity contribution < 1.29 is 4.52 Å². The van der Waals surface area contributed by atoms with Crippen molar-refractivity contribution in [2.45, 2.75) is 33.7 Å². The predicted octanol–water partition coefficient (Wildman–Crippen LogP) is 3.47. The van der Waals surface area contributed by atoms with Gasteiger partial charge < -0.3 is 9.84 Å². The summed E-state index contributed by atoms with van der Waals surface area (Å²) in [6, 6.07) is 2.16. The van der Waals surface area contributed by atoms with E-state index in [0.29, 0.717) is 6.54 Å². The second-order valence-electron chi connectivity index (χ2n) is 4.70. The highest BCUT2D eigenvalue weighted by molar-refractivity contribution is 7.18. The highest BCUT2D eigenvalue weighted by Crippen LogP contribution is 2.29. The monoisotopic (exact) mass is 288 g/mol. The summed E-state index contributed by atoms with van der Waals surface area (Å²) in [7, 11) is 0. The normalized spacial score (nSPS) is 11.2. The maximum atomic E-state index is 4.95. The first kappa shape index (κ1) is 13.1. The molecular formula is C14H16N4OS. The molecule has 3 heterocycles. The van der Waals surface area contributed by atoms with Gasteiger partial charge in [-0.1, -0.05) is 12.1 Å². The van der Waals surface area contributed by atoms with Gasteiger partial charge in [0.2, 0.25) is 0 Å². The Hall–Kier alpha value is -1.95. The number of hydrogen-bond acceptors (Lipinski definition) is 6. The van der Waals surface area contributed by atoms with Crippen LogP contribution in [0, 0.1) is 13.8 Å². The predicted molar refractivity (Wildman–Crippen MR) is 80.1 cm³/mol. The highest BCUT2D eigenvalue weighted by atomic mass is 32.1. The van der Waals surface area contributed by atoms with E-state index in [1.807, 2.05) is 13.8 Å². The molecule has 0 atom stereocenters. The topological polar surface area (TPSA) is 63.8 Å². The van der Waals surface area contributed by atoms with Gasteiger partial charge >= 0.3 is 0 Å². The minimum Gasteiger partial charge on any atom is -0.364 e. The number of anilines is 1. The van der Waals surface area contributed by atoms with Gasteiger partial charge in [0.15, 0.2) is 0 Å². The van der Waals surface area contributed by atoms with Crippen molar-refractivity contribution in [3.05, 3.63) is 34.3 Å². The molecule has 0 aliphatic carbocycles. The van der Waals surface area contributed by atoms with E-state index in [4.69, 9.17) is 4.52 Å². The van der Waals surface area contributed by atoms with E-state index in [-0.39, 0.29) is 0 Å². The second-order valence-corrected chi connectivity index (χ2v) is 5.82. The summed E-state index contributed by atoms with van der Waals surface area (Å²) in [6.07, 6.45) is 2.67. The van der Waals surface area contributed by atoms with Crippen molar-refractivity contribution in [2.24, 2.45) is 0 Å². The van der Waals surface area contributed by atoms with Gasteiger partial charge in [-0.05, 0) is 26.3 Å². The highest BCUT2D eigenvalue weighted by Gasteiger charge is 2.11. The summed E-state index contributed by atoms with van der Waals surface area (Å²) < 4.78 is 4.95. The van der Waals surface area contributed by atoms with Crippen LogP contribution in [0.5, 0.6) is 0 Å². The standard InChI is InChI=1S/C14H16N4OS/c1-4-10-5-11-13(16-9(3)17-14(11)20-10)15-6-12-8(2)7-19-18-12/h5,7H,4,6H2,1-3H3,(H,15,16,17). The van der Waals surface area contributed by atoms with Crippen LogP contribution in [0.2, 0.25) is 0 Å². The Kier molecular flexibility index (Phi) is 3.40. The van der Waals surface area contributed by atoms with Crippen LogP contribution in [0.1, 0.15) is 28.9 Å². The summed E-state index contributed by atoms with van der Waals surface area (Å²) in [5, 5.41) is 8.40. The Labute approximate surface area is 121 Å². The van der Waals surface area contributed by atoms with Gasteiger partial charge in [0.05, 0.1) is 11.9 Å². The molecule has 3 rings (SSSR count). The molecule has 5 nitrogen and oxygen atoms in total. The molecule has 0 unspecified atom stereocenters. The largest absolute Gasteiger partial charge is 0.364 e. The molecule has 3 aromatic rings. The Morgan fingerprint density at radius 3 is 2.85 bits per heavy atom. The number of aromatic nitrogens is 3. The summed E-state index contributed by atoms with van der Waals surface area (Å²) in [6.45, 7) is 6.65. The van der Waals surface area contributed by atoms with Crippen molar-refractivity contribution in [3.8, 4) is 0 Å². The fourth-order valence-electron chi connectivity index (χ4n) is 2.04. The van der Waals surface area contributed by atoms with Crippen molar-refractivity contribution in [2.75, 3.05) is 5.32 Å². The molecule has 104 valence electrons. The van der Waals surface area contributed by atoms with E-state index in [0.717, 1.165) is 39.5 Å². The van der Waals surface area contributed by atoms with Crippen LogP contribution < -0.4 is 5.32 Å². The molecule has 0 aliphatic rings. The lowest BCUT2D eigenvalue weighted by Crippen LogP contribution is -2.04. The molecule has 1 N–H and O–H groups in total. The number of fused-ring (bicyclic) bond motifs is 1. The van der Waals surface area contributed by atoms with Gasteiger partial charge in [0.1, 0.15) is 28.4 Å². The first-order valence-corrected chi connectivity index (χ1v) is 7.39. The van der Waals surface area contributed by atoms with Crippen LogP contribution in [-0.2, 0) is 13.0 Å². The number of hydrogen-bond donors (Lipinski definition) is 1. The zero-order valence-electron chi connectivity index (χ0n) is 11.7. The quantitative estimate of drug-likeness (QED) is 0.796. The molecule has 0 aliphatic heterocycles. The molecule has 0 spiro atoms. The summed E-state index contributed by atoms with van der Waals surface area (Å²) in [5.74, 6) is 1.65. The van der Waals surface area contributed by atoms with Crippen LogP contribution in [0.25, 0.3) is 10.2 Å². The Bertz CT molecular complexity index is 747. The Morgan fingerprint density at radius 1 is 1.30 bits per heavy atom. The van der Waals surface area contributed by atoms with Gasteiger partial charge in [-0.2, -0.15) is 0 Å². The molecule has 0 saturated carbocycles. The molecule has 0 radical (unpaired) electrons. The smallest absolute Gasteiger partial charge is 0.138 e. The summed E-state index contributed by atoms with van der Waals surface area (Å²) in [4.78, 5) is 11.4. The lowest BCUT2D eigenvalue weighted by molar-refractivity contribution is 0.412. The maximum absolute atomic E-state index is 4.95. The van der Waals surface area contributed by atoms with Crippen molar-refractivity contribution in [1.29, 1.82) is 0 Å². The van der Waals surface area contributed by atoms with Crippen molar-refractivity contribution in [1.82, 2.24) is 15.1 Å². The van der Waals surface area contributed by atoms with Crippen LogP contribution in [0.4, 0.5) is 5.82 Å². The zero-order chi connectivity index (χ0) is 14.1. The van der Waals surface area contributed by atoms with Gasteiger partial charge in [0, 0.05) is 10.4 Å². The molecule has 0 amide bonds. The van der Waals surface area contributed by atoms with Crippen molar-refractivity contribution >= 4 is 27.4 Å². The minimum absolute atomic E-state index is 0.602. The lowest BCUT2D eigenvalue weighted by atomic mass is 10.2. The molecule has 0 saturated heterocycles. The number of aryl methyl sites for hydroxylation is 3. The Balaban J connectivity index is 1.93. The second kappa shape index (κ2) is 5.20. The van der Waals surface area contributed by atoms with Crippen molar-refractivity contribution in [3.63, 3.8) is 0 Å².